The maximum absolute atomic E-state index is 11.9. The number of anilines is 1. The Hall–Kier alpha value is -0.920. The summed E-state index contributed by atoms with van der Waals surface area (Å²) in [6.07, 6.45) is 0. The van der Waals surface area contributed by atoms with Crippen LogP contribution in [0.4, 0.5) is 5.69 Å². The number of nitrogens with zero attached hydrogens (tertiary/aromatic N) is 1. The Balaban J connectivity index is 2.37. The summed E-state index contributed by atoms with van der Waals surface area (Å²) in [5.41, 5.74) is 3.88. The molecular weight excluding hydrogens is 408 g/mol. The van der Waals surface area contributed by atoms with E-state index in [0.29, 0.717) is 11.3 Å². The molecule has 0 aliphatic heterocycles. The van der Waals surface area contributed by atoms with Crippen LogP contribution in [-0.4, -0.2) is 18.1 Å². The van der Waals surface area contributed by atoms with E-state index < -0.39 is 0 Å². The predicted octanol–water partition coefficient (Wildman–Crippen LogP) is 4.63. The first-order chi connectivity index (χ1) is 9.52. The average molecular weight is 420 g/mol. The van der Waals surface area contributed by atoms with Crippen molar-refractivity contribution in [1.82, 2.24) is 4.98 Å². The van der Waals surface area contributed by atoms with Crippen LogP contribution >= 0.6 is 43.2 Å². The molecule has 0 bridgehead atoms. The Labute approximate surface area is 137 Å². The molecule has 0 aliphatic carbocycles. The number of rotatable bonds is 4. The second kappa shape index (κ2) is 6.69. The Bertz CT molecular complexity index is 617. The number of ether oxygens (including phenoxy) is 1. The van der Waals surface area contributed by atoms with Crippen LogP contribution < -0.4 is 5.32 Å². The van der Waals surface area contributed by atoms with Gasteiger partial charge in [0.2, 0.25) is 0 Å². The van der Waals surface area contributed by atoms with E-state index in [1.165, 1.54) is 18.4 Å². The van der Waals surface area contributed by atoms with Crippen LogP contribution in [0.3, 0.4) is 0 Å². The van der Waals surface area contributed by atoms with Crippen LogP contribution in [-0.2, 0) is 4.74 Å². The number of halogens is 2. The summed E-state index contributed by atoms with van der Waals surface area (Å²) in [7, 11) is 1.37. The number of thiazole rings is 1. The van der Waals surface area contributed by atoms with Crippen molar-refractivity contribution in [3.05, 3.63) is 43.2 Å². The lowest BCUT2D eigenvalue weighted by Gasteiger charge is -2.18. The fourth-order valence-corrected chi connectivity index (χ4v) is 3.70. The number of methoxy groups -OCH3 is 1. The minimum absolute atomic E-state index is 0.0119. The second-order valence-corrected chi connectivity index (χ2v) is 6.57. The van der Waals surface area contributed by atoms with Crippen molar-refractivity contribution in [1.29, 1.82) is 0 Å². The van der Waals surface area contributed by atoms with Crippen LogP contribution in [0.25, 0.3) is 0 Å². The molecule has 1 aromatic heterocycles. The molecule has 1 aromatic carbocycles. The van der Waals surface area contributed by atoms with Gasteiger partial charge in [0.1, 0.15) is 0 Å². The molecule has 20 heavy (non-hydrogen) atoms. The van der Waals surface area contributed by atoms with Crippen LogP contribution in [0.15, 0.2) is 32.0 Å². The van der Waals surface area contributed by atoms with Gasteiger partial charge in [-0.3, -0.25) is 0 Å². The molecule has 2 aromatic rings. The van der Waals surface area contributed by atoms with E-state index in [1.54, 1.807) is 11.6 Å². The molecule has 1 unspecified atom stereocenters. The quantitative estimate of drug-likeness (QED) is 0.734. The Kier molecular flexibility index (Phi) is 5.17. The summed E-state index contributed by atoms with van der Waals surface area (Å²) in [6.45, 7) is 1.99. The minimum Gasteiger partial charge on any atom is -0.465 e. The molecule has 0 radical (unpaired) electrons. The van der Waals surface area contributed by atoms with E-state index >= 15 is 0 Å². The van der Waals surface area contributed by atoms with Crippen molar-refractivity contribution in [2.24, 2.45) is 0 Å². The lowest BCUT2D eigenvalue weighted by Crippen LogP contribution is -2.12. The molecule has 4 nitrogen and oxygen atoms in total. The molecule has 1 heterocycles. The highest BCUT2D eigenvalue weighted by Crippen LogP contribution is 2.33. The number of hydrogen-bond donors (Lipinski definition) is 1. The number of esters is 1. The van der Waals surface area contributed by atoms with Crippen molar-refractivity contribution in [2.45, 2.75) is 13.0 Å². The van der Waals surface area contributed by atoms with Gasteiger partial charge in [-0.15, -0.1) is 11.3 Å². The Morgan fingerprint density at radius 3 is 2.80 bits per heavy atom. The van der Waals surface area contributed by atoms with Gasteiger partial charge in [0.15, 0.2) is 0 Å². The topological polar surface area (TPSA) is 51.2 Å². The van der Waals surface area contributed by atoms with Gasteiger partial charge in [-0.2, -0.15) is 0 Å². The van der Waals surface area contributed by atoms with Crippen molar-refractivity contribution < 1.29 is 9.53 Å². The molecule has 0 saturated heterocycles. The first-order valence-electron chi connectivity index (χ1n) is 5.75. The third-order valence-electron chi connectivity index (χ3n) is 2.72. The molecule has 0 spiro atoms. The molecular formula is C13H12Br2N2O2S. The first kappa shape index (κ1) is 15.5. The summed E-state index contributed by atoms with van der Waals surface area (Å²) < 4.78 is 6.41. The molecule has 106 valence electrons. The largest absolute Gasteiger partial charge is 0.465 e. The predicted molar refractivity (Wildman–Crippen MR) is 87.3 cm³/mol. The van der Waals surface area contributed by atoms with Gasteiger partial charge < -0.3 is 10.1 Å². The molecule has 0 saturated carbocycles. The van der Waals surface area contributed by atoms with Crippen LogP contribution in [0.2, 0.25) is 0 Å². The maximum Gasteiger partial charge on any atom is 0.340 e. The van der Waals surface area contributed by atoms with Gasteiger partial charge in [-0.1, -0.05) is 15.9 Å². The number of carbonyl (C=O) groups is 1. The average Bonchev–Trinajstić information content (AvgIpc) is 2.94. The molecule has 0 aliphatic rings. The monoisotopic (exact) mass is 418 g/mol. The Morgan fingerprint density at radius 2 is 2.20 bits per heavy atom. The number of aromatic nitrogens is 1. The van der Waals surface area contributed by atoms with Crippen LogP contribution in [0, 0.1) is 0 Å². The molecule has 0 amide bonds. The van der Waals surface area contributed by atoms with Crippen LogP contribution in [0.5, 0.6) is 0 Å². The van der Waals surface area contributed by atoms with E-state index in [0.717, 1.165) is 14.6 Å². The summed E-state index contributed by atoms with van der Waals surface area (Å²) in [4.78, 5) is 16.2. The second-order valence-electron chi connectivity index (χ2n) is 4.08. The maximum atomic E-state index is 11.9. The lowest BCUT2D eigenvalue weighted by atomic mass is 10.1. The Morgan fingerprint density at radius 1 is 1.45 bits per heavy atom. The zero-order chi connectivity index (χ0) is 14.7. The van der Waals surface area contributed by atoms with Gasteiger partial charge in [-0.25, -0.2) is 9.78 Å². The van der Waals surface area contributed by atoms with Crippen molar-refractivity contribution in [2.75, 3.05) is 12.4 Å². The third kappa shape index (κ3) is 3.39. The van der Waals surface area contributed by atoms with Crippen LogP contribution in [0.1, 0.15) is 29.0 Å². The van der Waals surface area contributed by atoms with Gasteiger partial charge in [0.05, 0.1) is 35.6 Å². The summed E-state index contributed by atoms with van der Waals surface area (Å²) in [5, 5.41) is 5.27. The highest BCUT2D eigenvalue weighted by molar-refractivity contribution is 9.11. The smallest absolute Gasteiger partial charge is 0.340 e. The van der Waals surface area contributed by atoms with Crippen molar-refractivity contribution >= 4 is 54.9 Å². The minimum atomic E-state index is -0.389. The fraction of sp³-hybridized carbons (Fsp3) is 0.231. The summed E-state index contributed by atoms with van der Waals surface area (Å²) in [5.74, 6) is -0.389. The molecule has 0 fully saturated rings. The molecule has 2 rings (SSSR count). The highest BCUT2D eigenvalue weighted by atomic mass is 79.9. The highest BCUT2D eigenvalue weighted by Gasteiger charge is 2.18. The van der Waals surface area contributed by atoms with E-state index in [-0.39, 0.29) is 12.0 Å². The van der Waals surface area contributed by atoms with Gasteiger partial charge in [0.25, 0.3) is 0 Å². The zero-order valence-corrected chi connectivity index (χ0v) is 14.8. The van der Waals surface area contributed by atoms with E-state index in [2.05, 4.69) is 42.2 Å². The van der Waals surface area contributed by atoms with E-state index in [9.17, 15) is 4.79 Å². The molecule has 1 atom stereocenters. The third-order valence-corrected chi connectivity index (χ3v) is 4.40. The summed E-state index contributed by atoms with van der Waals surface area (Å²) in [6, 6.07) is 3.59. The van der Waals surface area contributed by atoms with Crippen molar-refractivity contribution in [3.8, 4) is 0 Å². The first-order valence-corrected chi connectivity index (χ1v) is 8.27. The van der Waals surface area contributed by atoms with E-state index in [1.807, 2.05) is 18.4 Å². The number of nitrogens with one attached hydrogen (secondary N) is 1. The van der Waals surface area contributed by atoms with Gasteiger partial charge in [-0.05, 0) is 35.0 Å². The summed E-state index contributed by atoms with van der Waals surface area (Å²) >= 11 is 8.38. The number of hydrogen-bond acceptors (Lipinski definition) is 5. The number of benzene rings is 1. The standard InChI is InChI=1S/C13H12Br2N2O2S/c1-7(11-5-20-6-16-11)17-12-9(13(18)19-2)3-8(14)4-10(12)15/h3-7,17H,1-2H3. The van der Waals surface area contributed by atoms with Gasteiger partial charge >= 0.3 is 5.97 Å². The normalized spacial score (nSPS) is 12.0. The molecule has 7 heteroatoms. The number of carbonyl (C=O) groups excluding carboxylic acids is 1. The van der Waals surface area contributed by atoms with Gasteiger partial charge in [0, 0.05) is 14.3 Å². The van der Waals surface area contributed by atoms with E-state index in [4.69, 9.17) is 4.74 Å². The molecule has 1 N–H and O–H groups in total. The van der Waals surface area contributed by atoms with Crippen molar-refractivity contribution in [3.63, 3.8) is 0 Å². The fourth-order valence-electron chi connectivity index (χ4n) is 1.72. The SMILES string of the molecule is COC(=O)c1cc(Br)cc(Br)c1NC(C)c1cscn1. The lowest BCUT2D eigenvalue weighted by molar-refractivity contribution is 0.0601. The zero-order valence-electron chi connectivity index (χ0n) is 10.8.